The van der Waals surface area contributed by atoms with Gasteiger partial charge in [-0.15, -0.1) is 0 Å². The first-order chi connectivity index (χ1) is 9.83. The molecule has 2 aromatic rings. The topological polar surface area (TPSA) is 69.0 Å². The highest BCUT2D eigenvalue weighted by atomic mass is 16.5. The Hall–Kier alpha value is -2.21. The first kappa shape index (κ1) is 12.8. The highest BCUT2D eigenvalue weighted by Crippen LogP contribution is 2.14. The fraction of sp³-hybridized carbons (Fsp3) is 0.357. The predicted molar refractivity (Wildman–Crippen MR) is 74.1 cm³/mol. The molecule has 1 saturated heterocycles. The first-order valence-corrected chi connectivity index (χ1v) is 6.69. The van der Waals surface area contributed by atoms with Crippen molar-refractivity contribution in [1.29, 1.82) is 0 Å². The number of hydrogen-bond acceptors (Lipinski definition) is 5. The van der Waals surface area contributed by atoms with Gasteiger partial charge in [-0.05, 0) is 32.0 Å². The van der Waals surface area contributed by atoms with E-state index < -0.39 is 0 Å². The molecule has 0 atom stereocenters. The van der Waals surface area contributed by atoms with E-state index in [0.29, 0.717) is 11.6 Å². The molecule has 20 heavy (non-hydrogen) atoms. The molecule has 0 unspecified atom stereocenters. The predicted octanol–water partition coefficient (Wildman–Crippen LogP) is 0.758. The lowest BCUT2D eigenvalue weighted by atomic mass is 10.1. The van der Waals surface area contributed by atoms with Gasteiger partial charge in [0.25, 0.3) is 5.56 Å². The van der Waals surface area contributed by atoms with Crippen molar-refractivity contribution in [2.45, 2.75) is 18.9 Å². The number of aromatic nitrogens is 3. The molecule has 104 valence electrons. The van der Waals surface area contributed by atoms with Gasteiger partial charge in [-0.3, -0.25) is 14.3 Å². The monoisotopic (exact) mass is 272 g/mol. The summed E-state index contributed by atoms with van der Waals surface area (Å²) in [5.41, 5.74) is -0.170. The van der Waals surface area contributed by atoms with Crippen LogP contribution in [0.5, 0.6) is 5.75 Å². The third-order valence-electron chi connectivity index (χ3n) is 3.28. The van der Waals surface area contributed by atoms with Crippen LogP contribution in [0.2, 0.25) is 0 Å². The van der Waals surface area contributed by atoms with Gasteiger partial charge in [0, 0.05) is 24.7 Å². The van der Waals surface area contributed by atoms with Crippen LogP contribution in [-0.4, -0.2) is 33.7 Å². The highest BCUT2D eigenvalue weighted by Gasteiger charge is 2.14. The standard InChI is InChI=1S/C14H16N4O2/c19-14-9-12(20-11-1-4-15-5-2-11)3-8-18(14)13-10-16-6-7-17-13/h3,6-11,15H,1-2,4-5H2. The van der Waals surface area contributed by atoms with Crippen molar-refractivity contribution in [2.75, 3.05) is 13.1 Å². The maximum atomic E-state index is 12.1. The highest BCUT2D eigenvalue weighted by molar-refractivity contribution is 5.25. The Balaban J connectivity index is 1.79. The Morgan fingerprint density at radius 2 is 2.15 bits per heavy atom. The fourth-order valence-electron chi connectivity index (χ4n) is 2.24. The van der Waals surface area contributed by atoms with E-state index in [9.17, 15) is 4.79 Å². The Morgan fingerprint density at radius 1 is 1.30 bits per heavy atom. The number of hydrogen-bond donors (Lipinski definition) is 1. The largest absolute Gasteiger partial charge is 0.490 e. The summed E-state index contributed by atoms with van der Waals surface area (Å²) in [5.74, 6) is 1.12. The van der Waals surface area contributed by atoms with E-state index in [-0.39, 0.29) is 11.7 Å². The van der Waals surface area contributed by atoms with E-state index in [1.807, 2.05) is 0 Å². The third kappa shape index (κ3) is 2.85. The van der Waals surface area contributed by atoms with Crippen molar-refractivity contribution in [1.82, 2.24) is 19.9 Å². The van der Waals surface area contributed by atoms with Crippen molar-refractivity contribution in [3.63, 3.8) is 0 Å². The van der Waals surface area contributed by atoms with Crippen molar-refractivity contribution >= 4 is 0 Å². The summed E-state index contributed by atoms with van der Waals surface area (Å²) in [6, 6.07) is 3.29. The molecule has 1 fully saturated rings. The summed E-state index contributed by atoms with van der Waals surface area (Å²) in [7, 11) is 0. The lowest BCUT2D eigenvalue weighted by molar-refractivity contribution is 0.162. The second-order valence-corrected chi connectivity index (χ2v) is 4.70. The maximum absolute atomic E-state index is 12.1. The number of ether oxygens (including phenoxy) is 1. The van der Waals surface area contributed by atoms with Crippen molar-refractivity contribution in [3.8, 4) is 11.6 Å². The summed E-state index contributed by atoms with van der Waals surface area (Å²) in [5, 5.41) is 3.28. The number of pyridine rings is 1. The first-order valence-electron chi connectivity index (χ1n) is 6.69. The molecule has 0 aromatic carbocycles. The summed E-state index contributed by atoms with van der Waals surface area (Å²) in [4.78, 5) is 20.1. The summed E-state index contributed by atoms with van der Waals surface area (Å²) >= 11 is 0. The van der Waals surface area contributed by atoms with Gasteiger partial charge >= 0.3 is 0 Å². The molecule has 1 aliphatic rings. The molecule has 1 N–H and O–H groups in total. The van der Waals surface area contributed by atoms with E-state index in [1.54, 1.807) is 30.9 Å². The van der Waals surface area contributed by atoms with Crippen LogP contribution in [0.1, 0.15) is 12.8 Å². The van der Waals surface area contributed by atoms with Crippen molar-refractivity contribution in [2.24, 2.45) is 0 Å². The minimum atomic E-state index is -0.170. The van der Waals surface area contributed by atoms with Crippen LogP contribution in [0.15, 0.2) is 41.7 Å². The van der Waals surface area contributed by atoms with Crippen LogP contribution < -0.4 is 15.6 Å². The second kappa shape index (κ2) is 5.83. The molecule has 6 heteroatoms. The van der Waals surface area contributed by atoms with Gasteiger partial charge in [-0.2, -0.15) is 0 Å². The van der Waals surface area contributed by atoms with Crippen LogP contribution in [-0.2, 0) is 0 Å². The molecule has 1 aliphatic heterocycles. The molecule has 3 heterocycles. The van der Waals surface area contributed by atoms with Gasteiger partial charge < -0.3 is 10.1 Å². The van der Waals surface area contributed by atoms with Gasteiger partial charge in [0.15, 0.2) is 5.82 Å². The summed E-state index contributed by atoms with van der Waals surface area (Å²) in [6.45, 7) is 1.92. The molecule has 0 radical (unpaired) electrons. The molecule has 0 bridgehead atoms. The van der Waals surface area contributed by atoms with E-state index >= 15 is 0 Å². The second-order valence-electron chi connectivity index (χ2n) is 4.70. The molecular formula is C14H16N4O2. The van der Waals surface area contributed by atoms with Crippen LogP contribution in [0.3, 0.4) is 0 Å². The smallest absolute Gasteiger partial charge is 0.260 e. The number of nitrogens with one attached hydrogen (secondary N) is 1. The zero-order valence-electron chi connectivity index (χ0n) is 11.0. The molecule has 0 saturated carbocycles. The van der Waals surface area contributed by atoms with E-state index in [0.717, 1.165) is 25.9 Å². The van der Waals surface area contributed by atoms with Crippen molar-refractivity contribution in [3.05, 3.63) is 47.3 Å². The average molecular weight is 272 g/mol. The van der Waals surface area contributed by atoms with Gasteiger partial charge in [-0.1, -0.05) is 0 Å². The number of rotatable bonds is 3. The zero-order chi connectivity index (χ0) is 13.8. The van der Waals surface area contributed by atoms with E-state index in [1.165, 1.54) is 10.6 Å². The minimum Gasteiger partial charge on any atom is -0.490 e. The molecule has 6 nitrogen and oxygen atoms in total. The van der Waals surface area contributed by atoms with Crippen LogP contribution in [0, 0.1) is 0 Å². The number of piperidine rings is 1. The lowest BCUT2D eigenvalue weighted by Gasteiger charge is -2.23. The quantitative estimate of drug-likeness (QED) is 0.893. The maximum Gasteiger partial charge on any atom is 0.260 e. The lowest BCUT2D eigenvalue weighted by Crippen LogP contribution is -2.34. The zero-order valence-corrected chi connectivity index (χ0v) is 11.0. The SMILES string of the molecule is O=c1cc(OC2CCNCC2)ccn1-c1cnccn1. The molecule has 2 aromatic heterocycles. The van der Waals surface area contributed by atoms with Crippen LogP contribution in [0.4, 0.5) is 0 Å². The van der Waals surface area contributed by atoms with Crippen LogP contribution >= 0.6 is 0 Å². The minimum absolute atomic E-state index is 0.170. The Kier molecular flexibility index (Phi) is 3.73. The Labute approximate surface area is 116 Å². The van der Waals surface area contributed by atoms with E-state index in [4.69, 9.17) is 4.74 Å². The number of nitrogens with zero attached hydrogens (tertiary/aromatic N) is 3. The summed E-state index contributed by atoms with van der Waals surface area (Å²) in [6.07, 6.45) is 8.46. The summed E-state index contributed by atoms with van der Waals surface area (Å²) < 4.78 is 7.28. The van der Waals surface area contributed by atoms with Crippen LogP contribution in [0.25, 0.3) is 5.82 Å². The molecular weight excluding hydrogens is 256 g/mol. The van der Waals surface area contributed by atoms with Gasteiger partial charge in [0.05, 0.1) is 6.20 Å². The molecule has 0 aliphatic carbocycles. The van der Waals surface area contributed by atoms with Gasteiger partial charge in [-0.25, -0.2) is 4.98 Å². The Morgan fingerprint density at radius 3 is 2.85 bits per heavy atom. The van der Waals surface area contributed by atoms with Crippen molar-refractivity contribution < 1.29 is 4.74 Å². The third-order valence-corrected chi connectivity index (χ3v) is 3.28. The Bertz CT molecular complexity index is 621. The normalized spacial score (nSPS) is 16.0. The molecule has 3 rings (SSSR count). The van der Waals surface area contributed by atoms with Gasteiger partial charge in [0.2, 0.25) is 0 Å². The average Bonchev–Trinajstić information content (AvgIpc) is 2.49. The molecule has 0 spiro atoms. The molecule has 0 amide bonds. The fourth-order valence-corrected chi connectivity index (χ4v) is 2.24. The van der Waals surface area contributed by atoms with E-state index in [2.05, 4.69) is 15.3 Å². The van der Waals surface area contributed by atoms with Gasteiger partial charge in [0.1, 0.15) is 11.9 Å².